The topological polar surface area (TPSA) is 139 Å². The predicted molar refractivity (Wildman–Crippen MR) is 115 cm³/mol. The van der Waals surface area contributed by atoms with Crippen molar-refractivity contribution in [1.29, 1.82) is 0 Å². The third kappa shape index (κ3) is 3.29. The first kappa shape index (κ1) is 21.8. The molecular weight excluding hydrogens is 428 g/mol. The normalized spacial score (nSPS) is 30.1. The highest BCUT2D eigenvalue weighted by molar-refractivity contribution is 5.98. The molecule has 0 radical (unpaired) electrons. The molecule has 3 aliphatic rings. The Labute approximate surface area is 190 Å². The summed E-state index contributed by atoms with van der Waals surface area (Å²) in [5.74, 6) is -2.09. The first-order chi connectivity index (χ1) is 16.0. The van der Waals surface area contributed by atoms with Gasteiger partial charge in [0, 0.05) is 20.2 Å². The molecule has 3 fully saturated rings. The molecule has 3 amide bonds. The van der Waals surface area contributed by atoms with Crippen LogP contribution in [0.3, 0.4) is 0 Å². The standard InChI is InChI=1S/C22H28N6O5/c1-23-19(30)16-15-8-9-22(33-15)17(16)21(32)27(10-4-5-11-29)18(22)20(31)24-12-28-14-7-3-2-6-13(14)25-26-28/h2-3,6-7,15-18,29H,4-5,8-12H2,1H3,(H,23,30)(H,24,31)/t15-,16+,17+,18?,22?/m1/s1. The average molecular weight is 457 g/mol. The highest BCUT2D eigenvalue weighted by atomic mass is 16.5. The lowest BCUT2D eigenvalue weighted by atomic mass is 9.70. The summed E-state index contributed by atoms with van der Waals surface area (Å²) in [7, 11) is 1.55. The number of rotatable bonds is 8. The highest BCUT2D eigenvalue weighted by Crippen LogP contribution is 2.58. The molecule has 2 aromatic rings. The minimum absolute atomic E-state index is 0.00623. The van der Waals surface area contributed by atoms with E-state index in [2.05, 4.69) is 20.9 Å². The van der Waals surface area contributed by atoms with Gasteiger partial charge in [-0.3, -0.25) is 14.4 Å². The second-order valence-corrected chi connectivity index (χ2v) is 8.91. The molecule has 1 aromatic carbocycles. The van der Waals surface area contributed by atoms with Crippen LogP contribution < -0.4 is 10.6 Å². The molecule has 0 saturated carbocycles. The van der Waals surface area contributed by atoms with Crippen LogP contribution in [0.15, 0.2) is 24.3 Å². The lowest BCUT2D eigenvalue weighted by Crippen LogP contribution is -2.55. The molecule has 176 valence electrons. The minimum atomic E-state index is -1.02. The number of aromatic nitrogens is 3. The molecule has 11 heteroatoms. The van der Waals surface area contributed by atoms with E-state index < -0.39 is 23.5 Å². The van der Waals surface area contributed by atoms with Crippen molar-refractivity contribution in [3.63, 3.8) is 0 Å². The molecule has 4 heterocycles. The largest absolute Gasteiger partial charge is 0.396 e. The number of ether oxygens (including phenoxy) is 1. The Morgan fingerprint density at radius 1 is 1.27 bits per heavy atom. The summed E-state index contributed by atoms with van der Waals surface area (Å²) < 4.78 is 7.89. The van der Waals surface area contributed by atoms with E-state index in [9.17, 15) is 19.5 Å². The molecule has 11 nitrogen and oxygen atoms in total. The van der Waals surface area contributed by atoms with Gasteiger partial charge in [-0.25, -0.2) is 4.68 Å². The van der Waals surface area contributed by atoms with E-state index in [0.717, 1.165) is 11.0 Å². The van der Waals surface area contributed by atoms with E-state index in [0.29, 0.717) is 32.2 Å². The number of aliphatic hydroxyl groups excluding tert-OH is 1. The monoisotopic (exact) mass is 456 g/mol. The number of para-hydroxylation sites is 1. The van der Waals surface area contributed by atoms with Gasteiger partial charge in [-0.05, 0) is 37.8 Å². The fourth-order valence-electron chi connectivity index (χ4n) is 5.84. The molecular formula is C22H28N6O5. The average Bonchev–Trinajstić information content (AvgIpc) is 3.57. The van der Waals surface area contributed by atoms with Crippen LogP contribution in [-0.4, -0.2) is 80.7 Å². The Kier molecular flexibility index (Phi) is 5.53. The number of amides is 3. The quantitative estimate of drug-likeness (QED) is 0.451. The van der Waals surface area contributed by atoms with Crippen molar-refractivity contribution in [2.75, 3.05) is 20.2 Å². The van der Waals surface area contributed by atoms with Crippen LogP contribution in [0.25, 0.3) is 11.0 Å². The van der Waals surface area contributed by atoms with Crippen molar-refractivity contribution in [3.05, 3.63) is 24.3 Å². The van der Waals surface area contributed by atoms with Gasteiger partial charge in [-0.15, -0.1) is 5.10 Å². The number of likely N-dealkylation sites (tertiary alicyclic amines) is 1. The zero-order valence-electron chi connectivity index (χ0n) is 18.4. The first-order valence-corrected chi connectivity index (χ1v) is 11.4. The fraction of sp³-hybridized carbons (Fsp3) is 0.591. The van der Waals surface area contributed by atoms with E-state index in [1.54, 1.807) is 16.6 Å². The summed E-state index contributed by atoms with van der Waals surface area (Å²) in [4.78, 5) is 41.2. The van der Waals surface area contributed by atoms with Gasteiger partial charge in [-0.1, -0.05) is 17.3 Å². The minimum Gasteiger partial charge on any atom is -0.396 e. The van der Waals surface area contributed by atoms with Crippen molar-refractivity contribution in [1.82, 2.24) is 30.5 Å². The van der Waals surface area contributed by atoms with Gasteiger partial charge in [0.1, 0.15) is 23.8 Å². The molecule has 2 bridgehead atoms. The molecule has 33 heavy (non-hydrogen) atoms. The number of carbonyl (C=O) groups is 3. The highest BCUT2D eigenvalue weighted by Gasteiger charge is 2.74. The molecule has 0 aliphatic carbocycles. The summed E-state index contributed by atoms with van der Waals surface area (Å²) in [6.07, 6.45) is 1.87. The number of nitrogens with zero attached hydrogens (tertiary/aromatic N) is 4. The summed E-state index contributed by atoms with van der Waals surface area (Å²) in [5.41, 5.74) is 0.485. The summed E-state index contributed by atoms with van der Waals surface area (Å²) in [6.45, 7) is 0.417. The van der Waals surface area contributed by atoms with E-state index >= 15 is 0 Å². The van der Waals surface area contributed by atoms with E-state index in [1.165, 1.54) is 0 Å². The number of carbonyl (C=O) groups excluding carboxylic acids is 3. The van der Waals surface area contributed by atoms with Crippen LogP contribution in [0.5, 0.6) is 0 Å². The number of hydrogen-bond donors (Lipinski definition) is 3. The predicted octanol–water partition coefficient (Wildman–Crippen LogP) is -0.602. The van der Waals surface area contributed by atoms with Crippen molar-refractivity contribution in [2.45, 2.75) is 50.1 Å². The van der Waals surface area contributed by atoms with Crippen LogP contribution >= 0.6 is 0 Å². The zero-order chi connectivity index (χ0) is 23.2. The van der Waals surface area contributed by atoms with Crippen LogP contribution in [-0.2, 0) is 25.8 Å². The Bertz CT molecular complexity index is 1090. The second-order valence-electron chi connectivity index (χ2n) is 8.91. The summed E-state index contributed by atoms with van der Waals surface area (Å²) in [5, 5.41) is 23.0. The third-order valence-electron chi connectivity index (χ3n) is 7.23. The molecule has 3 aliphatic heterocycles. The van der Waals surface area contributed by atoms with Crippen LogP contribution in [0.2, 0.25) is 0 Å². The molecule has 1 spiro atoms. The molecule has 3 saturated heterocycles. The Morgan fingerprint density at radius 2 is 2.09 bits per heavy atom. The van der Waals surface area contributed by atoms with E-state index in [1.807, 2.05) is 24.3 Å². The maximum atomic E-state index is 13.5. The van der Waals surface area contributed by atoms with Gasteiger partial charge in [0.2, 0.25) is 17.7 Å². The molecule has 1 aromatic heterocycles. The first-order valence-electron chi connectivity index (χ1n) is 11.4. The van der Waals surface area contributed by atoms with Gasteiger partial charge >= 0.3 is 0 Å². The number of unbranched alkanes of at least 4 members (excludes halogenated alkanes) is 1. The van der Waals surface area contributed by atoms with Crippen LogP contribution in [0.4, 0.5) is 0 Å². The number of fused-ring (bicyclic) bond motifs is 2. The Balaban J connectivity index is 1.42. The maximum absolute atomic E-state index is 13.5. The zero-order valence-corrected chi connectivity index (χ0v) is 18.4. The van der Waals surface area contributed by atoms with Crippen molar-refractivity contribution in [2.24, 2.45) is 11.8 Å². The maximum Gasteiger partial charge on any atom is 0.247 e. The summed E-state index contributed by atoms with van der Waals surface area (Å²) in [6, 6.07) is 6.60. The van der Waals surface area contributed by atoms with Gasteiger partial charge < -0.3 is 25.4 Å². The SMILES string of the molecule is CNC(=O)[C@@H]1[C@H]2C(=O)N(CCCCO)C(C(=O)NCn3nnc4ccccc43)C23CC[C@H]1O3. The lowest BCUT2D eigenvalue weighted by molar-refractivity contribution is -0.142. The Hall–Kier alpha value is -3.05. The van der Waals surface area contributed by atoms with Crippen molar-refractivity contribution >= 4 is 28.8 Å². The van der Waals surface area contributed by atoms with Gasteiger partial charge in [0.25, 0.3) is 0 Å². The van der Waals surface area contributed by atoms with E-state index in [-0.39, 0.29) is 37.1 Å². The lowest BCUT2D eigenvalue weighted by Gasteiger charge is -2.33. The van der Waals surface area contributed by atoms with Crippen molar-refractivity contribution < 1.29 is 24.2 Å². The molecule has 2 unspecified atom stereocenters. The number of hydrogen-bond acceptors (Lipinski definition) is 7. The number of aliphatic hydroxyl groups is 1. The molecule has 5 atom stereocenters. The van der Waals surface area contributed by atoms with Gasteiger partial charge in [0.15, 0.2) is 0 Å². The Morgan fingerprint density at radius 3 is 2.88 bits per heavy atom. The smallest absolute Gasteiger partial charge is 0.247 e. The second kappa shape index (κ2) is 8.38. The molecule has 3 N–H and O–H groups in total. The van der Waals surface area contributed by atoms with Crippen molar-refractivity contribution in [3.8, 4) is 0 Å². The summed E-state index contributed by atoms with van der Waals surface area (Å²) >= 11 is 0. The third-order valence-corrected chi connectivity index (χ3v) is 7.23. The van der Waals surface area contributed by atoms with Crippen LogP contribution in [0, 0.1) is 11.8 Å². The van der Waals surface area contributed by atoms with Gasteiger partial charge in [0.05, 0.1) is 23.5 Å². The van der Waals surface area contributed by atoms with E-state index in [4.69, 9.17) is 4.74 Å². The van der Waals surface area contributed by atoms with Gasteiger partial charge in [-0.2, -0.15) is 0 Å². The number of nitrogens with one attached hydrogen (secondary N) is 2. The van der Waals surface area contributed by atoms with Crippen LogP contribution in [0.1, 0.15) is 25.7 Å². The molecule has 5 rings (SSSR count). The number of benzene rings is 1. The fourth-order valence-corrected chi connectivity index (χ4v) is 5.84.